The van der Waals surface area contributed by atoms with Crippen LogP contribution in [-0.2, 0) is 39.0 Å². The van der Waals surface area contributed by atoms with Gasteiger partial charge in [0, 0.05) is 66.4 Å². The molecule has 2 aliphatic rings. The fourth-order valence-electron chi connectivity index (χ4n) is 4.76. The number of rotatable bonds is 13. The minimum Gasteiger partial charge on any atom is -0.491 e. The van der Waals surface area contributed by atoms with Crippen molar-refractivity contribution in [1.29, 1.82) is 0 Å². The van der Waals surface area contributed by atoms with E-state index in [-0.39, 0.29) is 23.5 Å². The summed E-state index contributed by atoms with van der Waals surface area (Å²) in [5.74, 6) is 0.911. The first-order chi connectivity index (χ1) is 19.0. The smallest absolute Gasteiger partial charge is 0.250 e. The van der Waals surface area contributed by atoms with Crippen molar-refractivity contribution in [2.24, 2.45) is 13.0 Å². The van der Waals surface area contributed by atoms with Crippen LogP contribution in [-0.4, -0.2) is 81.8 Å². The Balaban J connectivity index is 0.000000449. The number of aromatic nitrogens is 1. The third kappa shape index (κ3) is 10.1. The van der Waals surface area contributed by atoms with E-state index >= 15 is 0 Å². The number of ether oxygens (including phenoxy) is 4. The minimum absolute atomic E-state index is 0.0108. The summed E-state index contributed by atoms with van der Waals surface area (Å²) < 4.78 is 23.4. The molecule has 2 aromatic rings. The maximum Gasteiger partial charge on any atom is 0.250 e. The Bertz CT molecular complexity index is 1040. The van der Waals surface area contributed by atoms with Gasteiger partial charge in [0.2, 0.25) is 11.5 Å². The van der Waals surface area contributed by atoms with E-state index in [1.807, 2.05) is 6.07 Å². The van der Waals surface area contributed by atoms with E-state index < -0.39 is 0 Å². The van der Waals surface area contributed by atoms with E-state index in [1.165, 1.54) is 16.2 Å². The number of aryl methyl sites for hydroxylation is 2. The SMILES string of the molecule is COCCCc1cc(CN(C(=O)C2CNCCC2OC)C2CC2)cc(OCCOC)c1.Cn1ccccc1=O. The van der Waals surface area contributed by atoms with Gasteiger partial charge < -0.3 is 33.7 Å². The van der Waals surface area contributed by atoms with Gasteiger partial charge in [-0.05, 0) is 68.0 Å². The van der Waals surface area contributed by atoms with E-state index in [2.05, 4.69) is 28.4 Å². The van der Waals surface area contributed by atoms with Crippen LogP contribution in [0.15, 0.2) is 47.4 Å². The molecule has 216 valence electrons. The molecular formula is C30H45N3O6. The lowest BCUT2D eigenvalue weighted by Crippen LogP contribution is -2.50. The lowest BCUT2D eigenvalue weighted by atomic mass is 9.94. The topological polar surface area (TPSA) is 91.3 Å². The summed E-state index contributed by atoms with van der Waals surface area (Å²) >= 11 is 0. The molecular weight excluding hydrogens is 498 g/mol. The van der Waals surface area contributed by atoms with Gasteiger partial charge in [0.25, 0.3) is 0 Å². The molecule has 39 heavy (non-hydrogen) atoms. The van der Waals surface area contributed by atoms with Crippen LogP contribution in [0.2, 0.25) is 0 Å². The second-order valence-corrected chi connectivity index (χ2v) is 10.1. The van der Waals surface area contributed by atoms with Gasteiger partial charge in [-0.15, -0.1) is 0 Å². The molecule has 9 nitrogen and oxygen atoms in total. The molecule has 4 rings (SSSR count). The number of hydrogen-bond acceptors (Lipinski definition) is 7. The van der Waals surface area contributed by atoms with Crippen molar-refractivity contribution in [3.63, 3.8) is 0 Å². The van der Waals surface area contributed by atoms with E-state index in [9.17, 15) is 9.59 Å². The Labute approximate surface area is 232 Å². The van der Waals surface area contributed by atoms with Gasteiger partial charge in [-0.3, -0.25) is 9.59 Å². The molecule has 2 unspecified atom stereocenters. The fourth-order valence-corrected chi connectivity index (χ4v) is 4.76. The molecule has 1 saturated carbocycles. The highest BCUT2D eigenvalue weighted by Gasteiger charge is 2.39. The first-order valence-corrected chi connectivity index (χ1v) is 13.9. The van der Waals surface area contributed by atoms with E-state index in [4.69, 9.17) is 18.9 Å². The third-order valence-electron chi connectivity index (χ3n) is 7.07. The van der Waals surface area contributed by atoms with Crippen LogP contribution in [0.1, 0.15) is 36.8 Å². The molecule has 1 aliphatic carbocycles. The maximum absolute atomic E-state index is 13.5. The number of pyridine rings is 1. The van der Waals surface area contributed by atoms with Gasteiger partial charge in [0.1, 0.15) is 12.4 Å². The summed E-state index contributed by atoms with van der Waals surface area (Å²) in [4.78, 5) is 26.1. The number of benzene rings is 1. The second-order valence-electron chi connectivity index (χ2n) is 10.1. The van der Waals surface area contributed by atoms with Gasteiger partial charge >= 0.3 is 0 Å². The molecule has 1 aromatic heterocycles. The molecule has 1 N–H and O–H groups in total. The molecule has 1 amide bonds. The van der Waals surface area contributed by atoms with Crippen molar-refractivity contribution in [3.05, 3.63) is 64.1 Å². The maximum atomic E-state index is 13.5. The summed E-state index contributed by atoms with van der Waals surface area (Å²) in [6, 6.07) is 11.8. The lowest BCUT2D eigenvalue weighted by Gasteiger charge is -2.34. The average molecular weight is 544 g/mol. The zero-order valence-electron chi connectivity index (χ0n) is 23.9. The van der Waals surface area contributed by atoms with Crippen LogP contribution >= 0.6 is 0 Å². The van der Waals surface area contributed by atoms with Gasteiger partial charge in [-0.1, -0.05) is 12.1 Å². The summed E-state index contributed by atoms with van der Waals surface area (Å²) in [6.45, 7) is 3.97. The number of amides is 1. The van der Waals surface area contributed by atoms with Crippen molar-refractivity contribution >= 4 is 5.91 Å². The van der Waals surface area contributed by atoms with Crippen molar-refractivity contribution in [2.75, 3.05) is 54.2 Å². The Morgan fingerprint density at radius 1 is 1.03 bits per heavy atom. The van der Waals surface area contributed by atoms with Gasteiger partial charge in [-0.25, -0.2) is 0 Å². The highest BCUT2D eigenvalue weighted by molar-refractivity contribution is 5.80. The highest BCUT2D eigenvalue weighted by Crippen LogP contribution is 2.32. The molecule has 9 heteroatoms. The predicted molar refractivity (Wildman–Crippen MR) is 151 cm³/mol. The fraction of sp³-hybridized carbons (Fsp3) is 0.600. The quantitative estimate of drug-likeness (QED) is 0.389. The minimum atomic E-state index is -0.123. The van der Waals surface area contributed by atoms with Crippen LogP contribution in [0.4, 0.5) is 0 Å². The Morgan fingerprint density at radius 3 is 2.44 bits per heavy atom. The number of methoxy groups -OCH3 is 3. The molecule has 2 heterocycles. The van der Waals surface area contributed by atoms with Crippen LogP contribution in [0.3, 0.4) is 0 Å². The zero-order valence-corrected chi connectivity index (χ0v) is 23.9. The van der Waals surface area contributed by atoms with Crippen LogP contribution in [0.5, 0.6) is 5.75 Å². The number of nitrogens with one attached hydrogen (secondary N) is 1. The largest absolute Gasteiger partial charge is 0.491 e. The summed E-state index contributed by atoms with van der Waals surface area (Å²) in [5, 5.41) is 3.36. The van der Waals surface area contributed by atoms with Gasteiger partial charge in [0.15, 0.2) is 0 Å². The van der Waals surface area contributed by atoms with E-state index in [1.54, 1.807) is 40.6 Å². The lowest BCUT2D eigenvalue weighted by molar-refractivity contribution is -0.142. The van der Waals surface area contributed by atoms with Crippen molar-refractivity contribution in [1.82, 2.24) is 14.8 Å². The van der Waals surface area contributed by atoms with Crippen LogP contribution in [0, 0.1) is 5.92 Å². The molecule has 1 aromatic carbocycles. The molecule has 1 aliphatic heterocycles. The van der Waals surface area contributed by atoms with E-state index in [0.717, 1.165) is 56.6 Å². The summed E-state index contributed by atoms with van der Waals surface area (Å²) in [6.07, 6.45) is 6.61. The predicted octanol–water partition coefficient (Wildman–Crippen LogP) is 2.79. The molecule has 0 bridgehead atoms. The average Bonchev–Trinajstić information content (AvgIpc) is 3.79. The monoisotopic (exact) mass is 543 g/mol. The van der Waals surface area contributed by atoms with Gasteiger partial charge in [0.05, 0.1) is 18.6 Å². The normalized spacial score (nSPS) is 18.7. The number of piperidine rings is 1. The standard InChI is InChI=1S/C24H38N2O5.C6H7NO/c1-28-10-4-5-18-13-19(15-21(14-18)31-12-11-29-2)17-26(20-6-7-20)24(27)22-16-25-9-8-23(22)30-3;1-7-5-3-2-4-6(7)8/h13-15,20,22-23,25H,4-12,16-17H2,1-3H3;2-5H,1H3. The van der Waals surface area contributed by atoms with Crippen LogP contribution < -0.4 is 15.6 Å². The van der Waals surface area contributed by atoms with Crippen molar-refractivity contribution in [2.45, 2.75) is 50.8 Å². The van der Waals surface area contributed by atoms with Crippen LogP contribution in [0.25, 0.3) is 0 Å². The molecule has 2 fully saturated rings. The third-order valence-corrected chi connectivity index (χ3v) is 7.07. The molecule has 0 radical (unpaired) electrons. The Kier molecular flexibility index (Phi) is 13.0. The zero-order chi connectivity index (χ0) is 28.0. The van der Waals surface area contributed by atoms with Gasteiger partial charge in [-0.2, -0.15) is 0 Å². The first kappa shape index (κ1) is 30.8. The summed E-state index contributed by atoms with van der Waals surface area (Å²) in [5.41, 5.74) is 2.35. The molecule has 1 saturated heterocycles. The highest BCUT2D eigenvalue weighted by atomic mass is 16.5. The molecule has 2 atom stereocenters. The van der Waals surface area contributed by atoms with Crippen molar-refractivity contribution < 1.29 is 23.7 Å². The number of carbonyl (C=O) groups is 1. The number of nitrogens with zero attached hydrogens (tertiary/aromatic N) is 2. The number of hydrogen-bond donors (Lipinski definition) is 1. The Hall–Kier alpha value is -2.72. The van der Waals surface area contributed by atoms with E-state index in [0.29, 0.717) is 32.3 Å². The Morgan fingerprint density at radius 2 is 1.79 bits per heavy atom. The number of carbonyl (C=O) groups excluding carboxylic acids is 1. The van der Waals surface area contributed by atoms with Crippen molar-refractivity contribution in [3.8, 4) is 5.75 Å². The summed E-state index contributed by atoms with van der Waals surface area (Å²) in [7, 11) is 6.83. The first-order valence-electron chi connectivity index (χ1n) is 13.9. The second kappa shape index (κ2) is 16.4. The molecule has 0 spiro atoms.